The summed E-state index contributed by atoms with van der Waals surface area (Å²) in [5, 5.41) is 6.73. The number of carbonyl (C=O) groups is 1. The lowest BCUT2D eigenvalue weighted by Crippen LogP contribution is -2.45. The number of rotatable bonds is 8. The molecule has 1 aromatic carbocycles. The molecule has 0 spiro atoms. The maximum atomic E-state index is 11.8. The van der Waals surface area contributed by atoms with Crippen LogP contribution in [-0.4, -0.2) is 70.8 Å². The first kappa shape index (κ1) is 25.1. The first-order valence-electron chi connectivity index (χ1n) is 9.60. The standard InChI is InChI=1S/C20H32N4O4.HI/c1-6-19(25)24-10-8-14(13-24)23-20(21-2)22-9-7-16-17(27-4)11-15(26-3)12-18(16)28-5;/h11-12,14H,6-10,13H2,1-5H3,(H2,21,22,23);1H. The van der Waals surface area contributed by atoms with Crippen LogP contribution in [-0.2, 0) is 11.2 Å². The second kappa shape index (κ2) is 12.6. The fourth-order valence-corrected chi connectivity index (χ4v) is 3.35. The highest BCUT2D eigenvalue weighted by Crippen LogP contribution is 2.34. The van der Waals surface area contributed by atoms with Crippen molar-refractivity contribution in [2.24, 2.45) is 4.99 Å². The molecule has 1 atom stereocenters. The second-order valence-corrected chi connectivity index (χ2v) is 6.58. The topological polar surface area (TPSA) is 84.4 Å². The summed E-state index contributed by atoms with van der Waals surface area (Å²) in [5.74, 6) is 3.07. The number of amides is 1. The fraction of sp³-hybridized carbons (Fsp3) is 0.600. The third-order valence-electron chi connectivity index (χ3n) is 4.89. The van der Waals surface area contributed by atoms with Gasteiger partial charge in [0.15, 0.2) is 5.96 Å². The lowest BCUT2D eigenvalue weighted by molar-refractivity contribution is -0.129. The minimum Gasteiger partial charge on any atom is -0.496 e. The molecule has 2 N–H and O–H groups in total. The van der Waals surface area contributed by atoms with Gasteiger partial charge in [-0.2, -0.15) is 0 Å². The molecule has 8 nitrogen and oxygen atoms in total. The van der Waals surface area contributed by atoms with E-state index in [1.165, 1.54) is 0 Å². The van der Waals surface area contributed by atoms with Crippen LogP contribution >= 0.6 is 24.0 Å². The fourth-order valence-electron chi connectivity index (χ4n) is 3.35. The number of ether oxygens (including phenoxy) is 3. The van der Waals surface area contributed by atoms with Crippen molar-refractivity contribution in [1.82, 2.24) is 15.5 Å². The van der Waals surface area contributed by atoms with Gasteiger partial charge in [-0.1, -0.05) is 6.92 Å². The second-order valence-electron chi connectivity index (χ2n) is 6.58. The Morgan fingerprint density at radius 2 is 1.86 bits per heavy atom. The number of halogens is 1. The molecule has 0 aliphatic carbocycles. The average molecular weight is 520 g/mol. The quantitative estimate of drug-likeness (QED) is 0.310. The maximum absolute atomic E-state index is 11.8. The van der Waals surface area contributed by atoms with E-state index in [1.807, 2.05) is 24.0 Å². The Kier molecular flexibility index (Phi) is 10.9. The van der Waals surface area contributed by atoms with Crippen molar-refractivity contribution in [3.05, 3.63) is 17.7 Å². The number of nitrogens with one attached hydrogen (secondary N) is 2. The highest BCUT2D eigenvalue weighted by Gasteiger charge is 2.25. The van der Waals surface area contributed by atoms with Crippen LogP contribution in [0.2, 0.25) is 0 Å². The minimum absolute atomic E-state index is 0. The zero-order valence-corrected chi connectivity index (χ0v) is 20.2. The van der Waals surface area contributed by atoms with Gasteiger partial charge in [-0.05, 0) is 12.8 Å². The van der Waals surface area contributed by atoms with Gasteiger partial charge in [0.2, 0.25) is 5.91 Å². The molecule has 0 bridgehead atoms. The van der Waals surface area contributed by atoms with Crippen LogP contribution < -0.4 is 24.8 Å². The molecule has 1 aliphatic heterocycles. The Morgan fingerprint density at radius 1 is 1.21 bits per heavy atom. The number of guanidine groups is 1. The van der Waals surface area contributed by atoms with E-state index in [9.17, 15) is 4.79 Å². The average Bonchev–Trinajstić information content (AvgIpc) is 3.20. The van der Waals surface area contributed by atoms with Crippen molar-refractivity contribution >= 4 is 35.8 Å². The summed E-state index contributed by atoms with van der Waals surface area (Å²) in [4.78, 5) is 18.0. The maximum Gasteiger partial charge on any atom is 0.222 e. The molecule has 1 aromatic rings. The Morgan fingerprint density at radius 3 is 2.38 bits per heavy atom. The van der Waals surface area contributed by atoms with Crippen molar-refractivity contribution in [2.45, 2.75) is 32.2 Å². The number of benzene rings is 1. The Hall–Kier alpha value is -1.91. The number of likely N-dealkylation sites (tertiary alicyclic amines) is 1. The van der Waals surface area contributed by atoms with E-state index in [1.54, 1.807) is 28.4 Å². The largest absolute Gasteiger partial charge is 0.496 e. The lowest BCUT2D eigenvalue weighted by Gasteiger charge is -2.19. The van der Waals surface area contributed by atoms with E-state index in [-0.39, 0.29) is 35.9 Å². The summed E-state index contributed by atoms with van der Waals surface area (Å²) in [6, 6.07) is 3.91. The number of hydrogen-bond acceptors (Lipinski definition) is 5. The summed E-state index contributed by atoms with van der Waals surface area (Å²) in [6.07, 6.45) is 2.17. The summed E-state index contributed by atoms with van der Waals surface area (Å²) in [5.41, 5.74) is 0.967. The summed E-state index contributed by atoms with van der Waals surface area (Å²) < 4.78 is 16.3. The van der Waals surface area contributed by atoms with E-state index < -0.39 is 0 Å². The molecule has 1 aliphatic rings. The van der Waals surface area contributed by atoms with Crippen molar-refractivity contribution < 1.29 is 19.0 Å². The number of aliphatic imine (C=N–C) groups is 1. The molecule has 164 valence electrons. The summed E-state index contributed by atoms with van der Waals surface area (Å²) in [7, 11) is 6.63. The summed E-state index contributed by atoms with van der Waals surface area (Å²) >= 11 is 0. The van der Waals surface area contributed by atoms with Crippen LogP contribution in [0.1, 0.15) is 25.3 Å². The Balaban J connectivity index is 0.00000420. The van der Waals surface area contributed by atoms with E-state index in [0.29, 0.717) is 31.7 Å². The molecular formula is C20H33IN4O4. The van der Waals surface area contributed by atoms with E-state index >= 15 is 0 Å². The molecule has 2 rings (SSSR count). The third-order valence-corrected chi connectivity index (χ3v) is 4.89. The van der Waals surface area contributed by atoms with Crippen LogP contribution in [0, 0.1) is 0 Å². The molecular weight excluding hydrogens is 487 g/mol. The highest BCUT2D eigenvalue weighted by molar-refractivity contribution is 14.0. The van der Waals surface area contributed by atoms with Gasteiger partial charge in [-0.25, -0.2) is 0 Å². The van der Waals surface area contributed by atoms with Crippen LogP contribution in [0.15, 0.2) is 17.1 Å². The first-order chi connectivity index (χ1) is 13.6. The van der Waals surface area contributed by atoms with Gasteiger partial charge in [0.1, 0.15) is 17.2 Å². The molecule has 1 saturated heterocycles. The van der Waals surface area contributed by atoms with Gasteiger partial charge in [-0.15, -0.1) is 24.0 Å². The number of methoxy groups -OCH3 is 3. The highest BCUT2D eigenvalue weighted by atomic mass is 127. The van der Waals surface area contributed by atoms with Gasteiger partial charge in [0, 0.05) is 56.8 Å². The van der Waals surface area contributed by atoms with Crippen LogP contribution in [0.3, 0.4) is 0 Å². The number of carbonyl (C=O) groups excluding carboxylic acids is 1. The van der Waals surface area contributed by atoms with Crippen molar-refractivity contribution in [3.63, 3.8) is 0 Å². The van der Waals surface area contributed by atoms with Crippen LogP contribution in [0.4, 0.5) is 0 Å². The van der Waals surface area contributed by atoms with Crippen molar-refractivity contribution in [1.29, 1.82) is 0 Å². The van der Waals surface area contributed by atoms with Crippen molar-refractivity contribution in [2.75, 3.05) is 48.0 Å². The lowest BCUT2D eigenvalue weighted by atomic mass is 10.1. The Labute approximate surface area is 190 Å². The Bertz CT molecular complexity index is 674. The molecule has 0 saturated carbocycles. The normalized spacial score (nSPS) is 16.1. The predicted octanol–water partition coefficient (Wildman–Crippen LogP) is 2.05. The van der Waals surface area contributed by atoms with Gasteiger partial charge < -0.3 is 29.7 Å². The van der Waals surface area contributed by atoms with E-state index in [0.717, 1.165) is 36.0 Å². The first-order valence-corrected chi connectivity index (χ1v) is 9.60. The molecule has 1 fully saturated rings. The number of nitrogens with zero attached hydrogens (tertiary/aromatic N) is 2. The van der Waals surface area contributed by atoms with Gasteiger partial charge in [0.05, 0.1) is 21.3 Å². The molecule has 1 amide bonds. The van der Waals surface area contributed by atoms with Gasteiger partial charge in [-0.3, -0.25) is 9.79 Å². The van der Waals surface area contributed by atoms with Crippen molar-refractivity contribution in [3.8, 4) is 17.2 Å². The third kappa shape index (κ3) is 6.83. The van der Waals surface area contributed by atoms with Crippen LogP contribution in [0.5, 0.6) is 17.2 Å². The predicted molar refractivity (Wildman–Crippen MR) is 125 cm³/mol. The van der Waals surface area contributed by atoms with Crippen LogP contribution in [0.25, 0.3) is 0 Å². The van der Waals surface area contributed by atoms with E-state index in [2.05, 4.69) is 15.6 Å². The van der Waals surface area contributed by atoms with Gasteiger partial charge >= 0.3 is 0 Å². The molecule has 1 unspecified atom stereocenters. The minimum atomic E-state index is 0. The number of hydrogen-bond donors (Lipinski definition) is 2. The SMILES string of the molecule is CCC(=O)N1CCC(NC(=NC)NCCc2c(OC)cc(OC)cc2OC)C1.I. The zero-order chi connectivity index (χ0) is 20.5. The molecule has 0 aromatic heterocycles. The molecule has 29 heavy (non-hydrogen) atoms. The van der Waals surface area contributed by atoms with Gasteiger partial charge in [0.25, 0.3) is 0 Å². The smallest absolute Gasteiger partial charge is 0.222 e. The molecule has 1 heterocycles. The molecule has 9 heteroatoms. The van der Waals surface area contributed by atoms with E-state index in [4.69, 9.17) is 14.2 Å². The zero-order valence-electron chi connectivity index (χ0n) is 17.9. The monoisotopic (exact) mass is 520 g/mol. The summed E-state index contributed by atoms with van der Waals surface area (Å²) in [6.45, 7) is 4.06. The molecule has 0 radical (unpaired) electrons.